The van der Waals surface area contributed by atoms with Crippen LogP contribution in [0.3, 0.4) is 0 Å². The van der Waals surface area contributed by atoms with E-state index in [0.29, 0.717) is 6.61 Å². The summed E-state index contributed by atoms with van der Waals surface area (Å²) in [4.78, 5) is 13.1. The van der Waals surface area contributed by atoms with E-state index < -0.39 is 0 Å². The maximum atomic E-state index is 12.1. The Kier molecular flexibility index (Phi) is 4.83. The summed E-state index contributed by atoms with van der Waals surface area (Å²) >= 11 is 1.61. The normalized spacial score (nSPS) is 13.2. The predicted molar refractivity (Wildman–Crippen MR) is 95.9 cm³/mol. The third-order valence-corrected chi connectivity index (χ3v) is 4.26. The third-order valence-electron chi connectivity index (χ3n) is 3.47. The molecule has 4 heteroatoms. The molecular weight excluding hydrogens is 306 g/mol. The molecule has 0 aliphatic carbocycles. The third kappa shape index (κ3) is 3.85. The molecule has 1 amide bonds. The summed E-state index contributed by atoms with van der Waals surface area (Å²) in [5.74, 6) is 0.731. The molecule has 1 aliphatic heterocycles. The van der Waals surface area contributed by atoms with Gasteiger partial charge in [0.15, 0.2) is 0 Å². The van der Waals surface area contributed by atoms with E-state index in [1.165, 1.54) is 0 Å². The summed E-state index contributed by atoms with van der Waals surface area (Å²) in [6.45, 7) is 0.474. The summed E-state index contributed by atoms with van der Waals surface area (Å²) in [6.07, 6.45) is 7.37. The molecule has 3 rings (SSSR count). The lowest BCUT2D eigenvalue weighted by Gasteiger charge is -2.15. The standard InChI is InChI=1S/C19H17NO2S/c1-23-18-9-5-3-7-16(18)20-19(21)11-10-14-12-15-6-2-4-8-17(15)22-13-14/h2-12H,13H2,1H3,(H,20,21)/b11-10+. The zero-order valence-electron chi connectivity index (χ0n) is 12.8. The minimum absolute atomic E-state index is 0.147. The van der Waals surface area contributed by atoms with Crippen LogP contribution in [-0.2, 0) is 4.79 Å². The van der Waals surface area contributed by atoms with Gasteiger partial charge in [-0.1, -0.05) is 36.4 Å². The molecule has 0 saturated carbocycles. The number of hydrogen-bond donors (Lipinski definition) is 1. The molecule has 0 fully saturated rings. The summed E-state index contributed by atoms with van der Waals surface area (Å²) in [7, 11) is 0. The first-order chi connectivity index (χ1) is 11.3. The highest BCUT2D eigenvalue weighted by Gasteiger charge is 2.09. The van der Waals surface area contributed by atoms with Gasteiger partial charge in [-0.05, 0) is 36.1 Å². The Bertz CT molecular complexity index is 780. The molecule has 1 aliphatic rings. The van der Waals surface area contributed by atoms with Crippen molar-refractivity contribution in [3.63, 3.8) is 0 Å². The monoisotopic (exact) mass is 323 g/mol. The van der Waals surface area contributed by atoms with Gasteiger partial charge in [-0.15, -0.1) is 11.8 Å². The van der Waals surface area contributed by atoms with Crippen LogP contribution in [0.4, 0.5) is 5.69 Å². The van der Waals surface area contributed by atoms with Gasteiger partial charge in [-0.2, -0.15) is 0 Å². The number of fused-ring (bicyclic) bond motifs is 1. The first-order valence-electron chi connectivity index (χ1n) is 7.31. The number of thioether (sulfide) groups is 1. The topological polar surface area (TPSA) is 38.3 Å². The van der Waals surface area contributed by atoms with Gasteiger partial charge >= 0.3 is 0 Å². The van der Waals surface area contributed by atoms with Gasteiger partial charge in [0.1, 0.15) is 12.4 Å². The van der Waals surface area contributed by atoms with Crippen LogP contribution >= 0.6 is 11.8 Å². The maximum Gasteiger partial charge on any atom is 0.248 e. The summed E-state index contributed by atoms with van der Waals surface area (Å²) in [6, 6.07) is 15.6. The van der Waals surface area contributed by atoms with Crippen molar-refractivity contribution in [3.05, 3.63) is 71.8 Å². The molecule has 3 nitrogen and oxygen atoms in total. The first kappa shape index (κ1) is 15.4. The van der Waals surface area contributed by atoms with Gasteiger partial charge in [-0.25, -0.2) is 0 Å². The quantitative estimate of drug-likeness (QED) is 0.670. The summed E-state index contributed by atoms with van der Waals surface area (Å²) in [5, 5.41) is 2.91. The second kappa shape index (κ2) is 7.20. The van der Waals surface area contributed by atoms with Crippen molar-refractivity contribution in [1.82, 2.24) is 0 Å². The SMILES string of the molecule is CSc1ccccc1NC(=O)/C=C/C1=Cc2ccccc2OC1. The van der Waals surface area contributed by atoms with Crippen molar-refractivity contribution in [3.8, 4) is 5.75 Å². The van der Waals surface area contributed by atoms with Crippen LogP contribution in [0, 0.1) is 0 Å². The van der Waals surface area contributed by atoms with Crippen LogP contribution in [0.1, 0.15) is 5.56 Å². The Balaban J connectivity index is 1.69. The molecule has 116 valence electrons. The second-order valence-electron chi connectivity index (χ2n) is 5.07. The average Bonchev–Trinajstić information content (AvgIpc) is 2.60. The van der Waals surface area contributed by atoms with Crippen molar-refractivity contribution in [2.24, 2.45) is 0 Å². The van der Waals surface area contributed by atoms with Crippen LogP contribution in [0.25, 0.3) is 6.08 Å². The highest BCUT2D eigenvalue weighted by molar-refractivity contribution is 7.98. The van der Waals surface area contributed by atoms with Crippen LogP contribution < -0.4 is 10.1 Å². The van der Waals surface area contributed by atoms with Gasteiger partial charge in [-0.3, -0.25) is 4.79 Å². The number of hydrogen-bond acceptors (Lipinski definition) is 3. The van der Waals surface area contributed by atoms with Crippen molar-refractivity contribution < 1.29 is 9.53 Å². The summed E-state index contributed by atoms with van der Waals surface area (Å²) < 4.78 is 5.67. The molecule has 0 atom stereocenters. The Morgan fingerprint density at radius 1 is 1.17 bits per heavy atom. The molecule has 0 radical (unpaired) electrons. The molecule has 2 aromatic carbocycles. The Morgan fingerprint density at radius 3 is 2.83 bits per heavy atom. The van der Waals surface area contributed by atoms with Crippen molar-refractivity contribution in [2.45, 2.75) is 4.90 Å². The number of nitrogens with one attached hydrogen (secondary N) is 1. The number of rotatable bonds is 4. The Hall–Kier alpha value is -2.46. The second-order valence-corrected chi connectivity index (χ2v) is 5.92. The van der Waals surface area contributed by atoms with Crippen molar-refractivity contribution in [1.29, 1.82) is 0 Å². The average molecular weight is 323 g/mol. The fraction of sp³-hybridized carbons (Fsp3) is 0.105. The lowest BCUT2D eigenvalue weighted by atomic mass is 10.1. The largest absolute Gasteiger partial charge is 0.488 e. The molecule has 0 aromatic heterocycles. The van der Waals surface area contributed by atoms with Crippen LogP contribution in [-0.4, -0.2) is 18.8 Å². The predicted octanol–water partition coefficient (Wildman–Crippen LogP) is 4.38. The Labute approximate surface area is 140 Å². The maximum absolute atomic E-state index is 12.1. The minimum Gasteiger partial charge on any atom is -0.488 e. The van der Waals surface area contributed by atoms with Crippen LogP contribution in [0.2, 0.25) is 0 Å². The van der Waals surface area contributed by atoms with Crippen LogP contribution in [0.5, 0.6) is 5.75 Å². The van der Waals surface area contributed by atoms with Gasteiger partial charge in [0.05, 0.1) is 5.69 Å². The smallest absolute Gasteiger partial charge is 0.248 e. The number of ether oxygens (including phenoxy) is 1. The number of anilines is 1. The van der Waals surface area contributed by atoms with Gasteiger partial charge < -0.3 is 10.1 Å². The molecule has 0 saturated heterocycles. The number of para-hydroxylation sites is 2. The van der Waals surface area contributed by atoms with E-state index in [1.54, 1.807) is 23.9 Å². The zero-order valence-corrected chi connectivity index (χ0v) is 13.6. The van der Waals surface area contributed by atoms with Gasteiger partial charge in [0.2, 0.25) is 5.91 Å². The van der Waals surface area contributed by atoms with E-state index in [2.05, 4.69) is 5.32 Å². The molecule has 23 heavy (non-hydrogen) atoms. The fourth-order valence-corrected chi connectivity index (χ4v) is 2.89. The van der Waals surface area contributed by atoms with Crippen molar-refractivity contribution >= 4 is 29.4 Å². The van der Waals surface area contributed by atoms with E-state index in [0.717, 1.165) is 27.5 Å². The first-order valence-corrected chi connectivity index (χ1v) is 8.53. The highest BCUT2D eigenvalue weighted by atomic mass is 32.2. The number of carbonyl (C=O) groups excluding carboxylic acids is 1. The van der Waals surface area contributed by atoms with E-state index >= 15 is 0 Å². The van der Waals surface area contributed by atoms with E-state index in [9.17, 15) is 4.79 Å². The lowest BCUT2D eigenvalue weighted by Crippen LogP contribution is -2.10. The number of benzene rings is 2. The van der Waals surface area contributed by atoms with Crippen molar-refractivity contribution in [2.75, 3.05) is 18.2 Å². The number of amides is 1. The Morgan fingerprint density at radius 2 is 1.96 bits per heavy atom. The minimum atomic E-state index is -0.147. The molecule has 0 unspecified atom stereocenters. The molecule has 1 N–H and O–H groups in total. The van der Waals surface area contributed by atoms with E-state index in [-0.39, 0.29) is 5.91 Å². The zero-order chi connectivity index (χ0) is 16.1. The van der Waals surface area contributed by atoms with Gasteiger partial charge in [0.25, 0.3) is 0 Å². The number of carbonyl (C=O) groups is 1. The molecular formula is C19H17NO2S. The molecule has 1 heterocycles. The molecule has 2 aromatic rings. The fourth-order valence-electron chi connectivity index (χ4n) is 2.33. The van der Waals surface area contributed by atoms with Crippen LogP contribution in [0.15, 0.2) is 71.2 Å². The molecule has 0 bridgehead atoms. The van der Waals surface area contributed by atoms with E-state index in [1.807, 2.05) is 60.9 Å². The molecule has 0 spiro atoms. The lowest BCUT2D eigenvalue weighted by molar-refractivity contribution is -0.111. The summed E-state index contributed by atoms with van der Waals surface area (Å²) in [5.41, 5.74) is 2.83. The van der Waals surface area contributed by atoms with Gasteiger partial charge in [0, 0.05) is 16.5 Å². The highest BCUT2D eigenvalue weighted by Crippen LogP contribution is 2.26. The van der Waals surface area contributed by atoms with E-state index in [4.69, 9.17) is 4.74 Å².